The third kappa shape index (κ3) is 4.06. The Morgan fingerprint density at radius 3 is 2.50 bits per heavy atom. The van der Waals surface area contributed by atoms with Crippen LogP contribution >= 0.6 is 0 Å². The molecule has 1 unspecified atom stereocenters. The second-order valence-electron chi connectivity index (χ2n) is 5.10. The van der Waals surface area contributed by atoms with Crippen molar-refractivity contribution in [2.75, 3.05) is 19.6 Å². The number of benzene rings is 1. The summed E-state index contributed by atoms with van der Waals surface area (Å²) in [6.07, 6.45) is 2.57. The number of nitrogens with one attached hydrogen (secondary N) is 1. The number of likely N-dealkylation sites (tertiary alicyclic amines) is 1. The fourth-order valence-corrected chi connectivity index (χ4v) is 2.33. The van der Waals surface area contributed by atoms with Crippen LogP contribution in [0.15, 0.2) is 30.3 Å². The average Bonchev–Trinajstić information content (AvgIpc) is 2.99. The molecule has 3 N–H and O–H groups in total. The monoisotopic (exact) mass is 275 g/mol. The molecule has 20 heavy (non-hydrogen) atoms. The van der Waals surface area contributed by atoms with E-state index in [0.29, 0.717) is 6.42 Å². The minimum absolute atomic E-state index is 0.0252. The Kier molecular flexibility index (Phi) is 5.12. The van der Waals surface area contributed by atoms with Crippen LogP contribution in [-0.2, 0) is 16.0 Å². The van der Waals surface area contributed by atoms with Crippen LogP contribution in [-0.4, -0.2) is 42.4 Å². The summed E-state index contributed by atoms with van der Waals surface area (Å²) in [6, 6.07) is 8.99. The Labute approximate surface area is 119 Å². The number of nitrogens with two attached hydrogens (primary N) is 1. The summed E-state index contributed by atoms with van der Waals surface area (Å²) in [6.45, 7) is 1.64. The Morgan fingerprint density at radius 1 is 1.20 bits per heavy atom. The highest BCUT2D eigenvalue weighted by atomic mass is 16.2. The molecule has 108 valence electrons. The van der Waals surface area contributed by atoms with Crippen molar-refractivity contribution in [3.05, 3.63) is 35.9 Å². The van der Waals surface area contributed by atoms with Gasteiger partial charge in [-0.25, -0.2) is 0 Å². The van der Waals surface area contributed by atoms with Crippen molar-refractivity contribution in [3.8, 4) is 0 Å². The van der Waals surface area contributed by atoms with Crippen LogP contribution in [0.3, 0.4) is 0 Å². The highest BCUT2D eigenvalue weighted by Crippen LogP contribution is 2.07. The first-order valence-electron chi connectivity index (χ1n) is 7.02. The van der Waals surface area contributed by atoms with Gasteiger partial charge in [-0.2, -0.15) is 0 Å². The summed E-state index contributed by atoms with van der Waals surface area (Å²) in [4.78, 5) is 25.4. The highest BCUT2D eigenvalue weighted by Gasteiger charge is 2.20. The van der Waals surface area contributed by atoms with Gasteiger partial charge in [0.1, 0.15) is 0 Å². The van der Waals surface area contributed by atoms with E-state index in [1.807, 2.05) is 30.3 Å². The van der Waals surface area contributed by atoms with Crippen molar-refractivity contribution in [3.63, 3.8) is 0 Å². The fraction of sp³-hybridized carbons (Fsp3) is 0.467. The molecule has 0 aliphatic carbocycles. The Hall–Kier alpha value is -1.88. The molecule has 1 aliphatic heterocycles. The van der Waals surface area contributed by atoms with Gasteiger partial charge >= 0.3 is 0 Å². The molecule has 2 rings (SSSR count). The van der Waals surface area contributed by atoms with Crippen molar-refractivity contribution in [1.29, 1.82) is 0 Å². The number of hydrogen-bond donors (Lipinski definition) is 2. The maximum Gasteiger partial charge on any atom is 0.241 e. The van der Waals surface area contributed by atoms with Crippen molar-refractivity contribution in [2.24, 2.45) is 5.73 Å². The Morgan fingerprint density at radius 2 is 1.85 bits per heavy atom. The van der Waals surface area contributed by atoms with Gasteiger partial charge < -0.3 is 16.0 Å². The standard InChI is InChI=1S/C15H21N3O2/c16-13(10-12-6-2-1-3-7-12)15(20)17-11-14(19)18-8-4-5-9-18/h1-3,6-7,13H,4-5,8-11,16H2,(H,17,20). The lowest BCUT2D eigenvalue weighted by Crippen LogP contribution is -2.46. The summed E-state index contributed by atoms with van der Waals surface area (Å²) in [5.74, 6) is -0.302. The topological polar surface area (TPSA) is 75.4 Å². The second kappa shape index (κ2) is 7.05. The van der Waals surface area contributed by atoms with Gasteiger partial charge in [-0.05, 0) is 24.8 Å². The van der Waals surface area contributed by atoms with E-state index in [4.69, 9.17) is 5.73 Å². The molecule has 0 bridgehead atoms. The molecule has 1 aliphatic rings. The third-order valence-corrected chi connectivity index (χ3v) is 3.51. The number of rotatable bonds is 5. The molecule has 0 radical (unpaired) electrons. The molecular weight excluding hydrogens is 254 g/mol. The number of carbonyl (C=O) groups excluding carboxylic acids is 2. The molecule has 0 saturated carbocycles. The van der Waals surface area contributed by atoms with Crippen LogP contribution < -0.4 is 11.1 Å². The summed E-state index contributed by atoms with van der Waals surface area (Å²) in [5, 5.41) is 2.62. The fourth-order valence-electron chi connectivity index (χ4n) is 2.33. The molecule has 1 saturated heterocycles. The lowest BCUT2D eigenvalue weighted by molar-refractivity contribution is -0.132. The molecule has 2 amide bonds. The van der Waals surface area contributed by atoms with E-state index >= 15 is 0 Å². The van der Waals surface area contributed by atoms with Crippen molar-refractivity contribution in [2.45, 2.75) is 25.3 Å². The molecule has 5 heteroatoms. The zero-order chi connectivity index (χ0) is 14.4. The molecule has 0 spiro atoms. The van der Waals surface area contributed by atoms with E-state index in [1.165, 1.54) is 0 Å². The largest absolute Gasteiger partial charge is 0.346 e. The molecular formula is C15H21N3O2. The van der Waals surface area contributed by atoms with Crippen molar-refractivity contribution >= 4 is 11.8 Å². The van der Waals surface area contributed by atoms with E-state index in [-0.39, 0.29) is 18.4 Å². The molecule has 1 fully saturated rings. The van der Waals surface area contributed by atoms with Crippen LogP contribution in [0, 0.1) is 0 Å². The second-order valence-corrected chi connectivity index (χ2v) is 5.10. The first-order chi connectivity index (χ1) is 9.66. The molecule has 1 aromatic carbocycles. The van der Waals surface area contributed by atoms with E-state index in [9.17, 15) is 9.59 Å². The lowest BCUT2D eigenvalue weighted by atomic mass is 10.1. The highest BCUT2D eigenvalue weighted by molar-refractivity contribution is 5.87. The van der Waals surface area contributed by atoms with Crippen LogP contribution in [0.25, 0.3) is 0 Å². The smallest absolute Gasteiger partial charge is 0.241 e. The Balaban J connectivity index is 1.75. The number of amides is 2. The Bertz CT molecular complexity index is 455. The van der Waals surface area contributed by atoms with Gasteiger partial charge in [0.05, 0.1) is 12.6 Å². The van der Waals surface area contributed by atoms with Gasteiger partial charge in [-0.3, -0.25) is 9.59 Å². The van der Waals surface area contributed by atoms with Crippen LogP contribution in [0.4, 0.5) is 0 Å². The maximum absolute atomic E-state index is 11.9. The van der Waals surface area contributed by atoms with Crippen molar-refractivity contribution in [1.82, 2.24) is 10.2 Å². The minimum atomic E-state index is -0.622. The molecule has 1 aromatic rings. The van der Waals surface area contributed by atoms with Gasteiger partial charge in [-0.15, -0.1) is 0 Å². The summed E-state index contributed by atoms with van der Waals surface area (Å²) in [7, 11) is 0. The molecule has 0 aromatic heterocycles. The normalized spacial score (nSPS) is 15.9. The SMILES string of the molecule is NC(Cc1ccccc1)C(=O)NCC(=O)N1CCCC1. The average molecular weight is 275 g/mol. The summed E-state index contributed by atoms with van der Waals surface area (Å²) in [5.41, 5.74) is 6.87. The number of carbonyl (C=O) groups is 2. The summed E-state index contributed by atoms with van der Waals surface area (Å²) >= 11 is 0. The predicted molar refractivity (Wildman–Crippen MR) is 76.9 cm³/mol. The van der Waals surface area contributed by atoms with E-state index < -0.39 is 6.04 Å². The van der Waals surface area contributed by atoms with Gasteiger partial charge in [0.25, 0.3) is 0 Å². The minimum Gasteiger partial charge on any atom is -0.346 e. The first-order valence-corrected chi connectivity index (χ1v) is 7.02. The molecule has 1 heterocycles. The summed E-state index contributed by atoms with van der Waals surface area (Å²) < 4.78 is 0. The number of nitrogens with zero attached hydrogens (tertiary/aromatic N) is 1. The number of hydrogen-bond acceptors (Lipinski definition) is 3. The van der Waals surface area contributed by atoms with Gasteiger partial charge in [0.2, 0.25) is 11.8 Å². The lowest BCUT2D eigenvalue weighted by Gasteiger charge is -2.17. The van der Waals surface area contributed by atoms with Gasteiger partial charge in [0, 0.05) is 13.1 Å². The first kappa shape index (κ1) is 14.5. The van der Waals surface area contributed by atoms with E-state index in [2.05, 4.69) is 5.32 Å². The molecule has 5 nitrogen and oxygen atoms in total. The van der Waals surface area contributed by atoms with Gasteiger partial charge in [0.15, 0.2) is 0 Å². The quantitative estimate of drug-likeness (QED) is 0.811. The zero-order valence-corrected chi connectivity index (χ0v) is 11.5. The predicted octanol–water partition coefficient (Wildman–Crippen LogP) is 0.295. The van der Waals surface area contributed by atoms with E-state index in [0.717, 1.165) is 31.5 Å². The van der Waals surface area contributed by atoms with Crippen LogP contribution in [0.5, 0.6) is 0 Å². The van der Waals surface area contributed by atoms with Crippen molar-refractivity contribution < 1.29 is 9.59 Å². The third-order valence-electron chi connectivity index (χ3n) is 3.51. The van der Waals surface area contributed by atoms with Crippen LogP contribution in [0.2, 0.25) is 0 Å². The maximum atomic E-state index is 11.9. The van der Waals surface area contributed by atoms with Crippen LogP contribution in [0.1, 0.15) is 18.4 Å². The molecule has 1 atom stereocenters. The van der Waals surface area contributed by atoms with Gasteiger partial charge in [-0.1, -0.05) is 30.3 Å². The van der Waals surface area contributed by atoms with E-state index in [1.54, 1.807) is 4.90 Å². The zero-order valence-electron chi connectivity index (χ0n) is 11.5.